The molecule has 21 heavy (non-hydrogen) atoms. The van der Waals surface area contributed by atoms with Crippen LogP contribution in [0.5, 0.6) is 0 Å². The maximum absolute atomic E-state index is 10.7. The van der Waals surface area contributed by atoms with Gasteiger partial charge in [0, 0.05) is 22.3 Å². The van der Waals surface area contributed by atoms with Crippen LogP contribution in [0, 0.1) is 45.6 Å². The molecule has 116 valence electrons. The van der Waals surface area contributed by atoms with E-state index in [0.29, 0.717) is 5.25 Å². The SMILES string of the molecule is COC(=O)[CH][CH][CH][CH][C@@H]1CCCCS1.[C-]#[O+].[C-]#[O+].[C-]#[O+].[Fe]. The molecular formula is C14H16FeO5S. The van der Waals surface area contributed by atoms with Crippen molar-refractivity contribution in [3.05, 3.63) is 45.6 Å². The van der Waals surface area contributed by atoms with Crippen LogP contribution in [0.4, 0.5) is 0 Å². The molecule has 7 heteroatoms. The first-order chi connectivity index (χ1) is 9.83. The molecule has 1 heterocycles. The zero-order valence-electron chi connectivity index (χ0n) is 11.5. The second-order valence-corrected chi connectivity index (χ2v) is 4.52. The predicted molar refractivity (Wildman–Crippen MR) is 71.1 cm³/mol. The van der Waals surface area contributed by atoms with Crippen LogP contribution < -0.4 is 0 Å². The zero-order chi connectivity index (χ0) is 16.2. The maximum Gasteiger partial charge on any atom is 0 e. The fourth-order valence-electron chi connectivity index (χ4n) is 1.31. The fourth-order valence-corrected chi connectivity index (χ4v) is 2.52. The number of unbranched alkanes of at least 4 members (excludes halogenated alkanes) is 1. The number of carbonyl (C=O) groups is 1. The van der Waals surface area contributed by atoms with Crippen LogP contribution in [-0.4, -0.2) is 24.1 Å². The normalized spacial score (nSPS) is 14.9. The average molecular weight is 352 g/mol. The van der Waals surface area contributed by atoms with Gasteiger partial charge in [-0.3, -0.25) is 4.79 Å². The molecule has 0 aliphatic carbocycles. The third kappa shape index (κ3) is 22.0. The van der Waals surface area contributed by atoms with Crippen LogP contribution in [0.1, 0.15) is 19.3 Å². The molecule has 0 unspecified atom stereocenters. The second kappa shape index (κ2) is 27.8. The van der Waals surface area contributed by atoms with Gasteiger partial charge in [0.25, 0.3) is 0 Å². The average Bonchev–Trinajstić information content (AvgIpc) is 2.58. The van der Waals surface area contributed by atoms with Crippen molar-refractivity contribution in [2.75, 3.05) is 12.9 Å². The molecule has 1 aliphatic rings. The summed E-state index contributed by atoms with van der Waals surface area (Å²) >= 11 is 1.99. The molecule has 1 rings (SSSR count). The Labute approximate surface area is 141 Å². The number of carbonyl (C=O) groups excluding carboxylic acids is 1. The summed E-state index contributed by atoms with van der Waals surface area (Å²) in [5, 5.41) is 0.631. The Balaban J connectivity index is -0.000000183. The molecule has 5 nitrogen and oxygen atoms in total. The van der Waals surface area contributed by atoms with Crippen molar-refractivity contribution in [2.24, 2.45) is 0 Å². The fraction of sp³-hybridized carbons (Fsp3) is 0.429. The zero-order valence-corrected chi connectivity index (χ0v) is 13.4. The number of thioether (sulfide) groups is 1. The third-order valence-corrected chi connectivity index (χ3v) is 3.43. The summed E-state index contributed by atoms with van der Waals surface area (Å²) in [6.07, 6.45) is 11.2. The van der Waals surface area contributed by atoms with E-state index in [-0.39, 0.29) is 23.0 Å². The minimum atomic E-state index is -0.300. The van der Waals surface area contributed by atoms with Crippen molar-refractivity contribution in [1.29, 1.82) is 0 Å². The van der Waals surface area contributed by atoms with Crippen molar-refractivity contribution < 1.29 is 40.6 Å². The molecular weight excluding hydrogens is 336 g/mol. The Morgan fingerprint density at radius 2 is 1.71 bits per heavy atom. The maximum atomic E-state index is 10.7. The molecule has 1 aliphatic heterocycles. The van der Waals surface area contributed by atoms with Crippen LogP contribution in [0.25, 0.3) is 0 Å². The third-order valence-electron chi connectivity index (χ3n) is 2.09. The van der Waals surface area contributed by atoms with Crippen molar-refractivity contribution >= 4 is 17.7 Å². The van der Waals surface area contributed by atoms with Gasteiger partial charge in [-0.15, -0.1) is 0 Å². The number of ether oxygens (including phenoxy) is 1. The summed E-state index contributed by atoms with van der Waals surface area (Å²) in [5.41, 5.74) is 0. The summed E-state index contributed by atoms with van der Waals surface area (Å²) in [6.45, 7) is 13.5. The van der Waals surface area contributed by atoms with Gasteiger partial charge in [0.05, 0.1) is 13.5 Å². The van der Waals surface area contributed by atoms with Gasteiger partial charge in [0.15, 0.2) is 0 Å². The number of hydrogen-bond acceptors (Lipinski definition) is 3. The van der Waals surface area contributed by atoms with Crippen LogP contribution in [-0.2, 0) is 40.6 Å². The van der Waals surface area contributed by atoms with E-state index in [9.17, 15) is 4.79 Å². The first-order valence-electron chi connectivity index (χ1n) is 5.48. The van der Waals surface area contributed by atoms with E-state index in [1.54, 1.807) is 6.42 Å². The number of methoxy groups -OCH3 is 1. The molecule has 0 spiro atoms. The van der Waals surface area contributed by atoms with E-state index >= 15 is 0 Å². The number of hydrogen-bond donors (Lipinski definition) is 0. The molecule has 0 aromatic heterocycles. The van der Waals surface area contributed by atoms with Gasteiger partial charge in [-0.2, -0.15) is 11.8 Å². The summed E-state index contributed by atoms with van der Waals surface area (Å²) in [7, 11) is 1.38. The minimum Gasteiger partial charge on any atom is 0 e. The van der Waals surface area contributed by atoms with Crippen LogP contribution >= 0.6 is 11.8 Å². The summed E-state index contributed by atoms with van der Waals surface area (Å²) < 4.78 is 27.0. The van der Waals surface area contributed by atoms with Gasteiger partial charge in [-0.1, -0.05) is 6.42 Å². The molecule has 0 saturated carbocycles. The molecule has 0 amide bonds. The van der Waals surface area contributed by atoms with Crippen LogP contribution in [0.15, 0.2) is 0 Å². The number of esters is 1. The summed E-state index contributed by atoms with van der Waals surface area (Å²) in [5.74, 6) is 0.960. The van der Waals surface area contributed by atoms with Crippen molar-refractivity contribution in [2.45, 2.75) is 24.5 Å². The van der Waals surface area contributed by atoms with Crippen molar-refractivity contribution in [1.82, 2.24) is 0 Å². The Bertz CT molecular complexity index is 258. The second-order valence-electron chi connectivity index (χ2n) is 3.17. The standard InChI is InChI=1S/C11H16O2S.3CO.Fe/c1-13-11(12)8-3-2-6-10-7-4-5-9-14-10;3*1-2;/h2-3,6,8,10H,4-5,7,9H2,1H3;;;;/t10-;;;;/m1..../s1. The molecule has 0 aromatic carbocycles. The largest absolute Gasteiger partial charge is 0 e. The predicted octanol–water partition coefficient (Wildman–Crippen LogP) is 2.15. The monoisotopic (exact) mass is 352 g/mol. The molecule has 1 saturated heterocycles. The quantitative estimate of drug-likeness (QED) is 0.250. The Morgan fingerprint density at radius 3 is 2.14 bits per heavy atom. The van der Waals surface area contributed by atoms with Crippen molar-refractivity contribution in [3.63, 3.8) is 0 Å². The number of rotatable bonds is 5. The van der Waals surface area contributed by atoms with E-state index in [1.165, 1.54) is 38.5 Å². The topological polar surface area (TPSA) is 86.0 Å². The van der Waals surface area contributed by atoms with E-state index < -0.39 is 0 Å². The minimum absolute atomic E-state index is 0. The van der Waals surface area contributed by atoms with E-state index in [4.69, 9.17) is 14.0 Å². The van der Waals surface area contributed by atoms with Crippen LogP contribution in [0.2, 0.25) is 0 Å². The van der Waals surface area contributed by atoms with Crippen LogP contribution in [0.3, 0.4) is 0 Å². The van der Waals surface area contributed by atoms with Crippen molar-refractivity contribution in [3.8, 4) is 0 Å². The smallest absolute Gasteiger partial charge is 0 e. The Kier molecular flexibility index (Phi) is 38.0. The molecule has 0 aromatic rings. The first-order valence-corrected chi connectivity index (χ1v) is 6.53. The molecule has 1 fully saturated rings. The van der Waals surface area contributed by atoms with Gasteiger partial charge >= 0.3 is 39.9 Å². The van der Waals surface area contributed by atoms with E-state index in [2.05, 4.69) is 31.1 Å². The molecule has 0 bridgehead atoms. The van der Waals surface area contributed by atoms with Gasteiger partial charge in [-0.05, 0) is 37.9 Å². The molecule has 4 radical (unpaired) electrons. The van der Waals surface area contributed by atoms with Gasteiger partial charge in [0.2, 0.25) is 0 Å². The molecule has 1 atom stereocenters. The first kappa shape index (κ1) is 28.7. The summed E-state index contributed by atoms with van der Waals surface area (Å²) in [6, 6.07) is 0. The van der Waals surface area contributed by atoms with Gasteiger partial charge in [-0.25, -0.2) is 0 Å². The summed E-state index contributed by atoms with van der Waals surface area (Å²) in [4.78, 5) is 10.7. The van der Waals surface area contributed by atoms with Gasteiger partial charge < -0.3 is 4.74 Å². The van der Waals surface area contributed by atoms with E-state index in [0.717, 1.165) is 0 Å². The Morgan fingerprint density at radius 1 is 1.14 bits per heavy atom. The van der Waals surface area contributed by atoms with Gasteiger partial charge in [0.1, 0.15) is 0 Å². The Hall–Kier alpha value is -0.441. The molecule has 0 N–H and O–H groups in total. The van der Waals surface area contributed by atoms with E-state index in [1.807, 2.05) is 18.2 Å².